The van der Waals surface area contributed by atoms with Gasteiger partial charge in [-0.2, -0.15) is 5.26 Å². The molecule has 0 bridgehead atoms. The normalized spacial score (nSPS) is 11.5. The van der Waals surface area contributed by atoms with Gasteiger partial charge in [0, 0.05) is 27.1 Å². The predicted molar refractivity (Wildman–Crippen MR) is 261 cm³/mol. The summed E-state index contributed by atoms with van der Waals surface area (Å²) >= 11 is 0. The van der Waals surface area contributed by atoms with Gasteiger partial charge in [0.05, 0.1) is 45.1 Å². The van der Waals surface area contributed by atoms with Crippen molar-refractivity contribution in [1.29, 1.82) is 5.26 Å². The van der Waals surface area contributed by atoms with Crippen molar-refractivity contribution in [3.8, 4) is 62.0 Å². The SMILES string of the molecule is Cc1ccc2c3ccc(-c4ccccc4C)cc3n(-c3cc(C#N)cc(-n4c5cc(-c6ccccc6C)ccc5c5ccc(-c6ccccc6C)cc54)c3-c3ccccc3)c2c1. The molecule has 0 amide bonds. The van der Waals surface area contributed by atoms with Gasteiger partial charge >= 0.3 is 0 Å². The average molecular weight is 794 g/mol. The second kappa shape index (κ2) is 14.7. The molecule has 0 aliphatic carbocycles. The van der Waals surface area contributed by atoms with Crippen molar-refractivity contribution >= 4 is 43.6 Å². The maximum Gasteiger partial charge on any atom is 0.0993 e. The Bertz CT molecular complexity index is 3530. The molecule has 3 heteroatoms. The molecule has 0 atom stereocenters. The Kier molecular flexibility index (Phi) is 8.77. The van der Waals surface area contributed by atoms with Gasteiger partial charge in [0.1, 0.15) is 0 Å². The third-order valence-electron chi connectivity index (χ3n) is 12.8. The van der Waals surface area contributed by atoms with Gasteiger partial charge in [0.2, 0.25) is 0 Å². The monoisotopic (exact) mass is 793 g/mol. The summed E-state index contributed by atoms with van der Waals surface area (Å²) in [6, 6.07) is 70.7. The zero-order valence-electron chi connectivity index (χ0n) is 35.2. The van der Waals surface area contributed by atoms with Crippen molar-refractivity contribution in [3.63, 3.8) is 0 Å². The Hall–Kier alpha value is -7.93. The minimum atomic E-state index is 0.590. The summed E-state index contributed by atoms with van der Waals surface area (Å²) in [6.45, 7) is 8.69. The third kappa shape index (κ3) is 5.95. The van der Waals surface area contributed by atoms with Crippen LogP contribution in [0.15, 0.2) is 188 Å². The Morgan fingerprint density at radius 1 is 0.355 bits per heavy atom. The predicted octanol–water partition coefficient (Wildman–Crippen LogP) is 15.7. The fraction of sp³-hybridized carbons (Fsp3) is 0.0678. The number of rotatable bonds is 6. The topological polar surface area (TPSA) is 33.6 Å². The fourth-order valence-corrected chi connectivity index (χ4v) is 9.79. The van der Waals surface area contributed by atoms with Gasteiger partial charge in [-0.05, 0) is 125 Å². The van der Waals surface area contributed by atoms with Gasteiger partial charge in [-0.25, -0.2) is 0 Å². The Morgan fingerprint density at radius 3 is 1.13 bits per heavy atom. The lowest BCUT2D eigenvalue weighted by molar-refractivity contribution is 1.13. The molecule has 3 nitrogen and oxygen atoms in total. The van der Waals surface area contributed by atoms with E-state index in [9.17, 15) is 5.26 Å². The van der Waals surface area contributed by atoms with Crippen LogP contribution in [0.3, 0.4) is 0 Å². The molecule has 9 aromatic carbocycles. The molecule has 0 saturated heterocycles. The van der Waals surface area contributed by atoms with Gasteiger partial charge in [0.15, 0.2) is 0 Å². The summed E-state index contributed by atoms with van der Waals surface area (Å²) in [5, 5.41) is 15.7. The van der Waals surface area contributed by atoms with Crippen molar-refractivity contribution in [3.05, 3.63) is 216 Å². The molecule has 0 spiro atoms. The largest absolute Gasteiger partial charge is 0.308 e. The minimum absolute atomic E-state index is 0.590. The van der Waals surface area contributed by atoms with Crippen molar-refractivity contribution < 1.29 is 0 Å². The highest BCUT2D eigenvalue weighted by Gasteiger charge is 2.24. The Balaban J connectivity index is 1.31. The molecule has 11 aromatic rings. The first-order valence-electron chi connectivity index (χ1n) is 21.3. The molecule has 62 heavy (non-hydrogen) atoms. The number of hydrogen-bond acceptors (Lipinski definition) is 1. The molecule has 0 unspecified atom stereocenters. The van der Waals surface area contributed by atoms with Gasteiger partial charge in [0.25, 0.3) is 0 Å². The number of benzene rings is 9. The van der Waals surface area contributed by atoms with E-state index in [-0.39, 0.29) is 0 Å². The van der Waals surface area contributed by atoms with E-state index in [2.05, 4.69) is 231 Å². The van der Waals surface area contributed by atoms with E-state index in [0.29, 0.717) is 5.56 Å². The van der Waals surface area contributed by atoms with E-state index in [1.165, 1.54) is 49.7 Å². The summed E-state index contributed by atoms with van der Waals surface area (Å²) in [4.78, 5) is 0. The number of fused-ring (bicyclic) bond motifs is 6. The van der Waals surface area contributed by atoms with Crippen LogP contribution < -0.4 is 0 Å². The van der Waals surface area contributed by atoms with Crippen LogP contribution in [0.25, 0.3) is 99.5 Å². The first-order chi connectivity index (χ1) is 30.4. The molecule has 2 heterocycles. The van der Waals surface area contributed by atoms with Gasteiger partial charge in [-0.3, -0.25) is 0 Å². The summed E-state index contributed by atoms with van der Waals surface area (Å²) < 4.78 is 4.84. The van der Waals surface area contributed by atoms with Crippen LogP contribution in [0, 0.1) is 39.0 Å². The van der Waals surface area contributed by atoms with Crippen LogP contribution in [0.4, 0.5) is 0 Å². The van der Waals surface area contributed by atoms with E-state index in [1.54, 1.807) is 0 Å². The van der Waals surface area contributed by atoms with E-state index < -0.39 is 0 Å². The van der Waals surface area contributed by atoms with Gasteiger partial charge in [-0.15, -0.1) is 0 Å². The zero-order chi connectivity index (χ0) is 42.1. The maximum atomic E-state index is 11.0. The van der Waals surface area contributed by atoms with Crippen molar-refractivity contribution in [1.82, 2.24) is 9.13 Å². The lowest BCUT2D eigenvalue weighted by Gasteiger charge is -2.21. The molecule has 0 radical (unpaired) electrons. The van der Waals surface area contributed by atoms with Crippen LogP contribution in [0.1, 0.15) is 27.8 Å². The zero-order valence-corrected chi connectivity index (χ0v) is 35.2. The Labute approximate surface area is 362 Å². The molecule has 2 aromatic heterocycles. The highest BCUT2D eigenvalue weighted by Crippen LogP contribution is 2.45. The molecule has 0 aliphatic rings. The van der Waals surface area contributed by atoms with E-state index in [4.69, 9.17) is 0 Å². The number of nitrogens with zero attached hydrogens (tertiary/aromatic N) is 3. The molecular weight excluding hydrogens is 751 g/mol. The molecule has 0 saturated carbocycles. The van der Waals surface area contributed by atoms with E-state index in [0.717, 1.165) is 72.0 Å². The Morgan fingerprint density at radius 2 is 0.726 bits per heavy atom. The maximum absolute atomic E-state index is 11.0. The minimum Gasteiger partial charge on any atom is -0.308 e. The van der Waals surface area contributed by atoms with Crippen molar-refractivity contribution in [2.24, 2.45) is 0 Å². The van der Waals surface area contributed by atoms with Crippen LogP contribution in [0.2, 0.25) is 0 Å². The highest BCUT2D eigenvalue weighted by atomic mass is 15.0. The number of hydrogen-bond donors (Lipinski definition) is 0. The summed E-state index contributed by atoms with van der Waals surface area (Å²) in [5.74, 6) is 0. The number of aryl methyl sites for hydroxylation is 4. The van der Waals surface area contributed by atoms with Crippen LogP contribution in [0.5, 0.6) is 0 Å². The fourth-order valence-electron chi connectivity index (χ4n) is 9.79. The van der Waals surface area contributed by atoms with E-state index in [1.807, 2.05) is 0 Å². The second-order valence-electron chi connectivity index (χ2n) is 16.7. The molecule has 11 rings (SSSR count). The summed E-state index contributed by atoms with van der Waals surface area (Å²) in [6.07, 6.45) is 0. The first-order valence-corrected chi connectivity index (χ1v) is 21.3. The standard InChI is InChI=1S/C59H43N3/c1-37-22-26-49-50-27-23-43(46-19-11-8-14-38(46)2)33-54(50)61(53(49)30-37)57-31-41(36-60)32-58(59(57)42-17-6-5-7-18-42)62-55-34-44(47-20-12-9-15-39(47)3)24-28-51(55)52-29-25-45(35-56(52)62)48-21-13-10-16-40(48)4/h5-35H,1-4H3. The number of aromatic nitrogens is 2. The van der Waals surface area contributed by atoms with Crippen LogP contribution in [-0.4, -0.2) is 9.13 Å². The summed E-state index contributed by atoms with van der Waals surface area (Å²) in [5.41, 5.74) is 20.9. The van der Waals surface area contributed by atoms with Crippen LogP contribution >= 0.6 is 0 Å². The van der Waals surface area contributed by atoms with Crippen molar-refractivity contribution in [2.75, 3.05) is 0 Å². The summed E-state index contributed by atoms with van der Waals surface area (Å²) in [7, 11) is 0. The number of nitriles is 1. The van der Waals surface area contributed by atoms with Crippen molar-refractivity contribution in [2.45, 2.75) is 27.7 Å². The highest BCUT2D eigenvalue weighted by molar-refractivity contribution is 6.13. The van der Waals surface area contributed by atoms with Gasteiger partial charge < -0.3 is 9.13 Å². The lowest BCUT2D eigenvalue weighted by Crippen LogP contribution is -2.05. The second-order valence-corrected chi connectivity index (χ2v) is 16.7. The lowest BCUT2D eigenvalue weighted by atomic mass is 9.97. The van der Waals surface area contributed by atoms with Gasteiger partial charge in [-0.1, -0.05) is 152 Å². The molecule has 294 valence electrons. The third-order valence-corrected chi connectivity index (χ3v) is 12.8. The average Bonchev–Trinajstić information content (AvgIpc) is 3.80. The van der Waals surface area contributed by atoms with Crippen LogP contribution in [-0.2, 0) is 0 Å². The molecule has 0 fully saturated rings. The molecule has 0 N–H and O–H groups in total. The van der Waals surface area contributed by atoms with E-state index >= 15 is 0 Å². The molecule has 0 aliphatic heterocycles. The quantitative estimate of drug-likeness (QED) is 0.165. The molecular formula is C59H43N3. The first kappa shape index (κ1) is 37.1. The smallest absolute Gasteiger partial charge is 0.0993 e.